The Hall–Kier alpha value is -1.20. The lowest BCUT2D eigenvalue weighted by molar-refractivity contribution is 0.322. The van der Waals surface area contributed by atoms with Gasteiger partial charge >= 0.3 is 0 Å². The van der Waals surface area contributed by atoms with Crippen molar-refractivity contribution in [3.05, 3.63) is 57.1 Å². The van der Waals surface area contributed by atoms with E-state index in [1.54, 1.807) is 0 Å². The van der Waals surface area contributed by atoms with Crippen LogP contribution in [0, 0.1) is 0 Å². The van der Waals surface area contributed by atoms with Crippen LogP contribution in [0.3, 0.4) is 0 Å². The zero-order valence-corrected chi connectivity index (χ0v) is 14.1. The van der Waals surface area contributed by atoms with E-state index in [0.29, 0.717) is 0 Å². The minimum Gasteiger partial charge on any atom is -0.315 e. The number of fused-ring (bicyclic) bond motifs is 1. The molecular weight excluding hydrogens is 296 g/mol. The van der Waals surface area contributed by atoms with Gasteiger partial charge in [0, 0.05) is 34.1 Å². The third-order valence-corrected chi connectivity index (χ3v) is 5.63. The highest BCUT2D eigenvalue weighted by Crippen LogP contribution is 2.32. The molecule has 4 heteroatoms. The molecule has 2 aromatic heterocycles. The number of nitrogens with zero attached hydrogens (tertiary/aromatic N) is 1. The monoisotopic (exact) mass is 316 g/mol. The summed E-state index contributed by atoms with van der Waals surface area (Å²) in [5, 5.41) is 6.85. The fourth-order valence-corrected chi connectivity index (χ4v) is 4.63. The lowest BCUT2D eigenvalue weighted by atomic mass is 10.1. The molecule has 21 heavy (non-hydrogen) atoms. The zero-order valence-electron chi connectivity index (χ0n) is 12.4. The van der Waals surface area contributed by atoms with Gasteiger partial charge in [-0.15, -0.1) is 22.7 Å². The second-order valence-electron chi connectivity index (χ2n) is 5.28. The van der Waals surface area contributed by atoms with Crippen LogP contribution in [0.25, 0.3) is 10.1 Å². The molecule has 0 unspecified atom stereocenters. The Morgan fingerprint density at radius 2 is 1.95 bits per heavy atom. The van der Waals surface area contributed by atoms with E-state index in [9.17, 15) is 0 Å². The molecule has 0 radical (unpaired) electrons. The smallest absolute Gasteiger partial charge is 0.0349 e. The maximum Gasteiger partial charge on any atom is 0.0349 e. The number of rotatable bonds is 6. The van der Waals surface area contributed by atoms with Gasteiger partial charge in [0.2, 0.25) is 0 Å². The molecule has 3 rings (SSSR count). The van der Waals surface area contributed by atoms with Gasteiger partial charge in [0.05, 0.1) is 0 Å². The topological polar surface area (TPSA) is 15.3 Å². The molecule has 0 aliphatic heterocycles. The van der Waals surface area contributed by atoms with E-state index in [1.807, 2.05) is 29.7 Å². The van der Waals surface area contributed by atoms with Crippen LogP contribution < -0.4 is 5.32 Å². The third kappa shape index (κ3) is 3.35. The number of nitrogens with one attached hydrogen (secondary N) is 1. The second-order valence-corrected chi connectivity index (χ2v) is 7.45. The van der Waals surface area contributed by atoms with Gasteiger partial charge in [-0.05, 0) is 42.6 Å². The molecule has 0 fully saturated rings. The molecule has 0 amide bonds. The zero-order chi connectivity index (χ0) is 14.7. The van der Waals surface area contributed by atoms with Crippen molar-refractivity contribution in [1.82, 2.24) is 10.2 Å². The maximum atomic E-state index is 3.30. The van der Waals surface area contributed by atoms with Crippen molar-refractivity contribution in [2.24, 2.45) is 0 Å². The molecule has 0 bridgehead atoms. The van der Waals surface area contributed by atoms with E-state index >= 15 is 0 Å². The first-order valence-corrected chi connectivity index (χ1v) is 8.82. The molecule has 2 nitrogen and oxygen atoms in total. The summed E-state index contributed by atoms with van der Waals surface area (Å²) in [6, 6.07) is 13.1. The van der Waals surface area contributed by atoms with Gasteiger partial charge in [-0.1, -0.05) is 24.3 Å². The fraction of sp³-hybridized carbons (Fsp3) is 0.294. The summed E-state index contributed by atoms with van der Waals surface area (Å²) < 4.78 is 1.39. The molecule has 2 heterocycles. The Balaban J connectivity index is 1.85. The quantitative estimate of drug-likeness (QED) is 0.729. The van der Waals surface area contributed by atoms with Gasteiger partial charge in [0.15, 0.2) is 0 Å². The van der Waals surface area contributed by atoms with E-state index < -0.39 is 0 Å². The Bertz CT molecular complexity index is 701. The summed E-state index contributed by atoms with van der Waals surface area (Å²) in [5.74, 6) is 0. The minimum atomic E-state index is 0.946. The van der Waals surface area contributed by atoms with Gasteiger partial charge < -0.3 is 5.32 Å². The lowest BCUT2D eigenvalue weighted by Crippen LogP contribution is -2.18. The van der Waals surface area contributed by atoms with E-state index in [1.165, 1.54) is 25.4 Å². The highest BCUT2D eigenvalue weighted by Gasteiger charge is 2.13. The van der Waals surface area contributed by atoms with E-state index in [2.05, 4.69) is 59.0 Å². The molecule has 1 aromatic carbocycles. The summed E-state index contributed by atoms with van der Waals surface area (Å²) in [7, 11) is 4.22. The summed E-state index contributed by atoms with van der Waals surface area (Å²) in [6.07, 6.45) is 0. The molecule has 0 aliphatic carbocycles. The van der Waals surface area contributed by atoms with Crippen molar-refractivity contribution < 1.29 is 0 Å². The highest BCUT2D eigenvalue weighted by molar-refractivity contribution is 7.19. The highest BCUT2D eigenvalue weighted by atomic mass is 32.1. The average Bonchev–Trinajstić information content (AvgIpc) is 3.08. The van der Waals surface area contributed by atoms with Crippen molar-refractivity contribution >= 4 is 32.8 Å². The Kier molecular flexibility index (Phi) is 4.70. The van der Waals surface area contributed by atoms with Crippen LogP contribution in [0.1, 0.15) is 15.3 Å². The number of hydrogen-bond donors (Lipinski definition) is 1. The van der Waals surface area contributed by atoms with Gasteiger partial charge in [0.1, 0.15) is 0 Å². The van der Waals surface area contributed by atoms with Gasteiger partial charge in [-0.3, -0.25) is 4.90 Å². The van der Waals surface area contributed by atoms with Crippen molar-refractivity contribution in [3.63, 3.8) is 0 Å². The molecule has 3 aromatic rings. The van der Waals surface area contributed by atoms with Crippen molar-refractivity contribution in [1.29, 1.82) is 0 Å². The normalized spacial score (nSPS) is 11.6. The lowest BCUT2D eigenvalue weighted by Gasteiger charge is -2.16. The van der Waals surface area contributed by atoms with Crippen molar-refractivity contribution in [3.8, 4) is 0 Å². The van der Waals surface area contributed by atoms with E-state index in [4.69, 9.17) is 0 Å². The Labute approximate surface area is 134 Å². The molecule has 0 spiro atoms. The van der Waals surface area contributed by atoms with Crippen LogP contribution in [0.4, 0.5) is 0 Å². The van der Waals surface area contributed by atoms with Crippen LogP contribution in [-0.4, -0.2) is 19.0 Å². The molecule has 0 saturated carbocycles. The summed E-state index contributed by atoms with van der Waals surface area (Å²) in [6.45, 7) is 2.96. The first kappa shape index (κ1) is 14.7. The SMILES string of the molecule is CNCc1sc2ccccc2c1CN(C)Cc1cccs1. The van der Waals surface area contributed by atoms with Gasteiger partial charge in [-0.25, -0.2) is 0 Å². The Morgan fingerprint density at radius 1 is 1.10 bits per heavy atom. The van der Waals surface area contributed by atoms with E-state index in [-0.39, 0.29) is 0 Å². The third-order valence-electron chi connectivity index (χ3n) is 3.55. The first-order valence-electron chi connectivity index (χ1n) is 7.12. The number of thiophene rings is 2. The molecule has 0 aliphatic rings. The van der Waals surface area contributed by atoms with Crippen LogP contribution in [0.15, 0.2) is 41.8 Å². The first-order chi connectivity index (χ1) is 10.3. The number of benzene rings is 1. The van der Waals surface area contributed by atoms with Crippen LogP contribution >= 0.6 is 22.7 Å². The van der Waals surface area contributed by atoms with Crippen molar-refractivity contribution in [2.75, 3.05) is 14.1 Å². The summed E-state index contributed by atoms with van der Waals surface area (Å²) >= 11 is 3.74. The molecule has 0 saturated heterocycles. The molecule has 110 valence electrons. The fourth-order valence-electron chi connectivity index (χ4n) is 2.62. The predicted molar refractivity (Wildman–Crippen MR) is 94.1 cm³/mol. The molecule has 1 N–H and O–H groups in total. The second kappa shape index (κ2) is 6.71. The summed E-state index contributed by atoms with van der Waals surface area (Å²) in [5.41, 5.74) is 1.48. The van der Waals surface area contributed by atoms with Crippen molar-refractivity contribution in [2.45, 2.75) is 19.6 Å². The minimum absolute atomic E-state index is 0.946. The molecule has 0 atom stereocenters. The van der Waals surface area contributed by atoms with Crippen LogP contribution in [0.5, 0.6) is 0 Å². The number of hydrogen-bond acceptors (Lipinski definition) is 4. The van der Waals surface area contributed by atoms with Crippen LogP contribution in [-0.2, 0) is 19.6 Å². The largest absolute Gasteiger partial charge is 0.315 e. The maximum absolute atomic E-state index is 3.30. The van der Waals surface area contributed by atoms with E-state index in [0.717, 1.165) is 19.6 Å². The molecular formula is C17H20N2S2. The van der Waals surface area contributed by atoms with Gasteiger partial charge in [0.25, 0.3) is 0 Å². The van der Waals surface area contributed by atoms with Crippen LogP contribution in [0.2, 0.25) is 0 Å². The standard InChI is InChI=1S/C17H20N2S2/c1-18-10-17-15(14-7-3-4-8-16(14)21-17)12-19(2)11-13-6-5-9-20-13/h3-9,18H,10-12H2,1-2H3. The average molecular weight is 316 g/mol. The Morgan fingerprint density at radius 3 is 2.71 bits per heavy atom. The van der Waals surface area contributed by atoms with Gasteiger partial charge in [-0.2, -0.15) is 0 Å². The summed E-state index contributed by atoms with van der Waals surface area (Å²) in [4.78, 5) is 5.28. The predicted octanol–water partition coefficient (Wildman–Crippen LogP) is 4.31.